The lowest BCUT2D eigenvalue weighted by Gasteiger charge is -2.11. The zero-order chi connectivity index (χ0) is 25.5. The van der Waals surface area contributed by atoms with Crippen molar-refractivity contribution in [2.75, 3.05) is 0 Å². The Labute approximate surface area is 222 Å². The summed E-state index contributed by atoms with van der Waals surface area (Å²) < 4.78 is 15.1. The monoisotopic (exact) mass is 500 g/mol. The van der Waals surface area contributed by atoms with E-state index in [0.29, 0.717) is 0 Å². The molecule has 0 fully saturated rings. The van der Waals surface area contributed by atoms with Crippen LogP contribution in [0.1, 0.15) is 0 Å². The number of pyridine rings is 1. The van der Waals surface area contributed by atoms with Crippen LogP contribution in [0.5, 0.6) is 0 Å². The Bertz CT molecular complexity index is 2370. The number of aromatic nitrogens is 2. The second-order valence-corrected chi connectivity index (χ2v) is 10.00. The highest BCUT2D eigenvalue weighted by atomic mass is 16.3. The summed E-state index contributed by atoms with van der Waals surface area (Å²) in [6.45, 7) is 0. The van der Waals surface area contributed by atoms with Crippen LogP contribution in [0.4, 0.5) is 0 Å². The molecule has 4 aromatic heterocycles. The number of imidazole rings is 1. The Morgan fingerprint density at radius 3 is 1.97 bits per heavy atom. The van der Waals surface area contributed by atoms with Gasteiger partial charge in [0.25, 0.3) is 0 Å². The van der Waals surface area contributed by atoms with Gasteiger partial charge in [0.15, 0.2) is 0 Å². The SMILES string of the molecule is c1ccc2c(c1)oc1c2cc(-c2ccc(-c3cn4ccccc4n3)c3ccccc23)c2oc3ccccc3c21. The zero-order valence-corrected chi connectivity index (χ0v) is 20.8. The minimum Gasteiger partial charge on any atom is -0.455 e. The first-order valence-corrected chi connectivity index (χ1v) is 13.1. The Kier molecular flexibility index (Phi) is 4.02. The summed E-state index contributed by atoms with van der Waals surface area (Å²) in [6, 6.07) is 37.7. The van der Waals surface area contributed by atoms with Crippen molar-refractivity contribution in [3.63, 3.8) is 0 Å². The highest BCUT2D eigenvalue weighted by Crippen LogP contribution is 2.46. The van der Waals surface area contributed by atoms with Crippen LogP contribution in [0.3, 0.4) is 0 Å². The molecule has 0 bridgehead atoms. The number of hydrogen-bond acceptors (Lipinski definition) is 3. The number of hydrogen-bond donors (Lipinski definition) is 0. The van der Waals surface area contributed by atoms with E-state index in [1.165, 1.54) is 0 Å². The molecule has 0 saturated heterocycles. The molecule has 182 valence electrons. The number of furan rings is 2. The van der Waals surface area contributed by atoms with E-state index in [2.05, 4.69) is 77.3 Å². The van der Waals surface area contributed by atoms with Gasteiger partial charge in [-0.15, -0.1) is 0 Å². The molecule has 5 aromatic carbocycles. The fourth-order valence-corrected chi connectivity index (χ4v) is 6.09. The molecule has 4 heteroatoms. The summed E-state index contributed by atoms with van der Waals surface area (Å²) >= 11 is 0. The number of nitrogens with zero attached hydrogens (tertiary/aromatic N) is 2. The quantitative estimate of drug-likeness (QED) is 0.237. The van der Waals surface area contributed by atoms with Gasteiger partial charge < -0.3 is 13.2 Å². The third-order valence-corrected chi connectivity index (χ3v) is 7.84. The van der Waals surface area contributed by atoms with Gasteiger partial charge in [-0.05, 0) is 46.7 Å². The van der Waals surface area contributed by atoms with Crippen molar-refractivity contribution in [2.24, 2.45) is 0 Å². The van der Waals surface area contributed by atoms with Gasteiger partial charge in [-0.1, -0.05) is 78.9 Å². The molecule has 0 spiro atoms. The fourth-order valence-electron chi connectivity index (χ4n) is 6.09. The van der Waals surface area contributed by atoms with Crippen LogP contribution < -0.4 is 0 Å². The average molecular weight is 501 g/mol. The maximum Gasteiger partial charge on any atom is 0.147 e. The molecule has 0 aliphatic rings. The predicted octanol–water partition coefficient (Wildman–Crippen LogP) is 9.62. The first-order valence-electron chi connectivity index (χ1n) is 13.1. The van der Waals surface area contributed by atoms with Crippen LogP contribution >= 0.6 is 0 Å². The second-order valence-electron chi connectivity index (χ2n) is 10.00. The molecule has 0 saturated carbocycles. The van der Waals surface area contributed by atoms with E-state index < -0.39 is 0 Å². The smallest absolute Gasteiger partial charge is 0.147 e. The van der Waals surface area contributed by atoms with Crippen LogP contribution in [0, 0.1) is 0 Å². The van der Waals surface area contributed by atoms with Crippen molar-refractivity contribution in [1.29, 1.82) is 0 Å². The van der Waals surface area contributed by atoms with Gasteiger partial charge >= 0.3 is 0 Å². The van der Waals surface area contributed by atoms with Crippen molar-refractivity contribution in [3.8, 4) is 22.4 Å². The van der Waals surface area contributed by atoms with E-state index in [1.54, 1.807) is 0 Å². The Morgan fingerprint density at radius 2 is 1.15 bits per heavy atom. The standard InChI is InChI=1S/C35H20N2O2/c1-2-10-22-21(9-1)23(16-17-24(22)29-20-37-18-8-7-15-32(37)36-29)27-19-28-25-11-3-5-13-30(25)38-35(28)33-26-12-4-6-14-31(26)39-34(27)33/h1-20H. The molecule has 0 aliphatic heterocycles. The third kappa shape index (κ3) is 2.85. The third-order valence-electron chi connectivity index (χ3n) is 7.84. The lowest BCUT2D eigenvalue weighted by Crippen LogP contribution is -1.87. The van der Waals surface area contributed by atoms with Crippen molar-refractivity contribution >= 4 is 60.3 Å². The van der Waals surface area contributed by atoms with Crippen molar-refractivity contribution in [3.05, 3.63) is 122 Å². The first kappa shape index (κ1) is 20.7. The molecule has 0 aliphatic carbocycles. The summed E-state index contributed by atoms with van der Waals surface area (Å²) in [4.78, 5) is 4.91. The van der Waals surface area contributed by atoms with Gasteiger partial charge in [0.1, 0.15) is 28.0 Å². The van der Waals surface area contributed by atoms with E-state index in [9.17, 15) is 0 Å². The number of benzene rings is 5. The second kappa shape index (κ2) is 7.59. The van der Waals surface area contributed by atoms with Gasteiger partial charge in [0, 0.05) is 39.7 Å². The Balaban J connectivity index is 1.40. The van der Waals surface area contributed by atoms with Crippen LogP contribution in [0.2, 0.25) is 0 Å². The lowest BCUT2D eigenvalue weighted by molar-refractivity contribution is 0.663. The maximum absolute atomic E-state index is 6.57. The Morgan fingerprint density at radius 1 is 0.513 bits per heavy atom. The number of fused-ring (bicyclic) bond motifs is 9. The Hall–Kier alpha value is -5.35. The summed E-state index contributed by atoms with van der Waals surface area (Å²) in [5, 5.41) is 6.58. The van der Waals surface area contributed by atoms with Crippen LogP contribution in [0.15, 0.2) is 130 Å². The topological polar surface area (TPSA) is 43.6 Å². The molecule has 9 aromatic rings. The van der Waals surface area contributed by atoms with Crippen molar-refractivity contribution in [2.45, 2.75) is 0 Å². The van der Waals surface area contributed by atoms with E-state index in [0.717, 1.165) is 82.7 Å². The zero-order valence-electron chi connectivity index (χ0n) is 20.8. The predicted molar refractivity (Wildman–Crippen MR) is 158 cm³/mol. The van der Waals surface area contributed by atoms with Crippen LogP contribution in [0.25, 0.3) is 82.7 Å². The largest absolute Gasteiger partial charge is 0.455 e. The molecular weight excluding hydrogens is 480 g/mol. The molecule has 0 radical (unpaired) electrons. The lowest BCUT2D eigenvalue weighted by atomic mass is 9.92. The van der Waals surface area contributed by atoms with Crippen molar-refractivity contribution < 1.29 is 8.83 Å². The summed E-state index contributed by atoms with van der Waals surface area (Å²) in [6.07, 6.45) is 4.13. The van der Waals surface area contributed by atoms with Gasteiger partial charge in [0.2, 0.25) is 0 Å². The molecule has 4 heterocycles. The van der Waals surface area contributed by atoms with E-state index in [1.807, 2.05) is 48.7 Å². The molecule has 4 nitrogen and oxygen atoms in total. The summed E-state index contributed by atoms with van der Waals surface area (Å²) in [5.41, 5.74) is 8.60. The van der Waals surface area contributed by atoms with Gasteiger partial charge in [-0.2, -0.15) is 0 Å². The van der Waals surface area contributed by atoms with E-state index >= 15 is 0 Å². The molecular formula is C35H20N2O2. The number of para-hydroxylation sites is 2. The van der Waals surface area contributed by atoms with Gasteiger partial charge in [0.05, 0.1) is 11.1 Å². The highest BCUT2D eigenvalue weighted by molar-refractivity contribution is 6.26. The fraction of sp³-hybridized carbons (Fsp3) is 0. The van der Waals surface area contributed by atoms with Crippen molar-refractivity contribution in [1.82, 2.24) is 9.38 Å². The molecule has 39 heavy (non-hydrogen) atoms. The van der Waals surface area contributed by atoms with Gasteiger partial charge in [-0.25, -0.2) is 4.98 Å². The minimum absolute atomic E-state index is 0.841. The van der Waals surface area contributed by atoms with Gasteiger partial charge in [-0.3, -0.25) is 0 Å². The van der Waals surface area contributed by atoms with Crippen LogP contribution in [-0.2, 0) is 0 Å². The maximum atomic E-state index is 6.57. The molecule has 9 rings (SSSR count). The van der Waals surface area contributed by atoms with Crippen LogP contribution in [-0.4, -0.2) is 9.38 Å². The molecule has 0 unspecified atom stereocenters. The summed E-state index contributed by atoms with van der Waals surface area (Å²) in [7, 11) is 0. The molecule has 0 amide bonds. The highest BCUT2D eigenvalue weighted by Gasteiger charge is 2.22. The minimum atomic E-state index is 0.841. The molecule has 0 N–H and O–H groups in total. The summed E-state index contributed by atoms with van der Waals surface area (Å²) in [5.74, 6) is 0. The normalized spacial score (nSPS) is 12.1. The van der Waals surface area contributed by atoms with E-state index in [-0.39, 0.29) is 0 Å². The number of rotatable bonds is 2. The first-order chi connectivity index (χ1) is 19.3. The van der Waals surface area contributed by atoms with E-state index in [4.69, 9.17) is 13.8 Å². The average Bonchev–Trinajstić information content (AvgIpc) is 3.69. The molecule has 0 atom stereocenters.